The van der Waals surface area contributed by atoms with Crippen LogP contribution in [0.3, 0.4) is 0 Å². The molecule has 0 unspecified atom stereocenters. The number of hydrogen-bond donors (Lipinski definition) is 1. The number of thiophene rings is 1. The minimum absolute atomic E-state index is 0.0812. The van der Waals surface area contributed by atoms with Crippen molar-refractivity contribution in [3.8, 4) is 10.4 Å². The fraction of sp³-hybridized carbons (Fsp3) is 0.136. The van der Waals surface area contributed by atoms with Gasteiger partial charge in [0.25, 0.3) is 11.8 Å². The monoisotopic (exact) mass is 390 g/mol. The van der Waals surface area contributed by atoms with Crippen molar-refractivity contribution in [2.75, 3.05) is 6.54 Å². The summed E-state index contributed by atoms with van der Waals surface area (Å²) in [7, 11) is 0. The molecule has 1 N–H and O–H groups in total. The number of nitrogens with zero attached hydrogens (tertiary/aromatic N) is 1. The maximum Gasteiger partial charge on any atom is 0.261 e. The van der Waals surface area contributed by atoms with Crippen LogP contribution in [0, 0.1) is 0 Å². The van der Waals surface area contributed by atoms with Gasteiger partial charge >= 0.3 is 0 Å². The summed E-state index contributed by atoms with van der Waals surface area (Å²) in [5.41, 5.74) is 1.95. The molecule has 140 valence electrons. The van der Waals surface area contributed by atoms with Gasteiger partial charge in [-0.25, -0.2) is 0 Å². The SMILES string of the molecule is O=C(CCN1C(=O)c2ccccc2C1=O)NCc1ccc(-c2ccccc2)s1. The van der Waals surface area contributed by atoms with Crippen molar-refractivity contribution in [3.63, 3.8) is 0 Å². The molecule has 1 aliphatic rings. The lowest BCUT2D eigenvalue weighted by atomic mass is 10.1. The van der Waals surface area contributed by atoms with Gasteiger partial charge in [-0.15, -0.1) is 11.3 Å². The lowest BCUT2D eigenvalue weighted by Gasteiger charge is -2.13. The van der Waals surface area contributed by atoms with Crippen molar-refractivity contribution in [2.45, 2.75) is 13.0 Å². The van der Waals surface area contributed by atoms with Crippen LogP contribution in [0.25, 0.3) is 10.4 Å². The third-order valence-corrected chi connectivity index (χ3v) is 5.75. The zero-order valence-electron chi connectivity index (χ0n) is 15.1. The van der Waals surface area contributed by atoms with Gasteiger partial charge < -0.3 is 5.32 Å². The summed E-state index contributed by atoms with van der Waals surface area (Å²) in [5.74, 6) is -0.857. The first-order chi connectivity index (χ1) is 13.6. The normalized spacial score (nSPS) is 12.9. The number of fused-ring (bicyclic) bond motifs is 1. The van der Waals surface area contributed by atoms with Crippen LogP contribution in [-0.4, -0.2) is 29.2 Å². The molecule has 2 aromatic carbocycles. The highest BCUT2D eigenvalue weighted by Gasteiger charge is 2.34. The van der Waals surface area contributed by atoms with Crippen LogP contribution in [0.4, 0.5) is 0 Å². The molecule has 6 heteroatoms. The first-order valence-electron chi connectivity index (χ1n) is 8.99. The molecule has 0 atom stereocenters. The van der Waals surface area contributed by atoms with Gasteiger partial charge in [0, 0.05) is 22.7 Å². The number of carbonyl (C=O) groups excluding carboxylic acids is 3. The molecule has 5 nitrogen and oxygen atoms in total. The highest BCUT2D eigenvalue weighted by atomic mass is 32.1. The van der Waals surface area contributed by atoms with Gasteiger partial charge in [-0.1, -0.05) is 42.5 Å². The molecule has 0 saturated heterocycles. The fourth-order valence-corrected chi connectivity index (χ4v) is 4.11. The zero-order valence-corrected chi connectivity index (χ0v) is 15.9. The second-order valence-corrected chi connectivity index (χ2v) is 7.63. The van der Waals surface area contributed by atoms with Crippen molar-refractivity contribution < 1.29 is 14.4 Å². The van der Waals surface area contributed by atoms with Crippen molar-refractivity contribution in [1.29, 1.82) is 0 Å². The molecule has 0 fully saturated rings. The van der Waals surface area contributed by atoms with Crippen LogP contribution >= 0.6 is 11.3 Å². The van der Waals surface area contributed by atoms with E-state index in [0.717, 1.165) is 20.2 Å². The molecule has 2 heterocycles. The maximum atomic E-state index is 12.3. The van der Waals surface area contributed by atoms with E-state index in [1.54, 1.807) is 35.6 Å². The number of rotatable bonds is 6. The third kappa shape index (κ3) is 3.59. The van der Waals surface area contributed by atoms with Gasteiger partial charge in [0.05, 0.1) is 17.7 Å². The summed E-state index contributed by atoms with van der Waals surface area (Å²) in [6, 6.07) is 20.8. The van der Waals surface area contributed by atoms with Crippen molar-refractivity contribution in [2.24, 2.45) is 0 Å². The second-order valence-electron chi connectivity index (χ2n) is 6.47. The summed E-state index contributed by atoms with van der Waals surface area (Å²) in [6.07, 6.45) is 0.0857. The highest BCUT2D eigenvalue weighted by Crippen LogP contribution is 2.27. The van der Waals surface area contributed by atoms with Gasteiger partial charge in [-0.3, -0.25) is 19.3 Å². The lowest BCUT2D eigenvalue weighted by molar-refractivity contribution is -0.121. The molecule has 28 heavy (non-hydrogen) atoms. The molecule has 3 aromatic rings. The Balaban J connectivity index is 1.30. The van der Waals surface area contributed by atoms with E-state index < -0.39 is 0 Å². The topological polar surface area (TPSA) is 66.5 Å². The molecule has 0 bridgehead atoms. The predicted molar refractivity (Wildman–Crippen MR) is 108 cm³/mol. The molecule has 3 amide bonds. The quantitative estimate of drug-likeness (QED) is 0.653. The zero-order chi connectivity index (χ0) is 19.5. The summed E-state index contributed by atoms with van der Waals surface area (Å²) in [4.78, 5) is 40.1. The number of hydrogen-bond acceptors (Lipinski definition) is 4. The van der Waals surface area contributed by atoms with Crippen LogP contribution in [0.5, 0.6) is 0 Å². The minimum Gasteiger partial charge on any atom is -0.351 e. The molecule has 1 aromatic heterocycles. The third-order valence-electron chi connectivity index (χ3n) is 4.62. The largest absolute Gasteiger partial charge is 0.351 e. The van der Waals surface area contributed by atoms with Crippen molar-refractivity contribution >= 4 is 29.1 Å². The Morgan fingerprint density at radius 3 is 2.18 bits per heavy atom. The Morgan fingerprint density at radius 1 is 0.857 bits per heavy atom. The van der Waals surface area contributed by atoms with Crippen LogP contribution in [-0.2, 0) is 11.3 Å². The lowest BCUT2D eigenvalue weighted by Crippen LogP contribution is -2.34. The van der Waals surface area contributed by atoms with Crippen LogP contribution in [0.15, 0.2) is 66.7 Å². The second kappa shape index (κ2) is 7.78. The summed E-state index contributed by atoms with van der Waals surface area (Å²) >= 11 is 1.63. The van der Waals surface area contributed by atoms with Crippen LogP contribution in [0.2, 0.25) is 0 Å². The predicted octanol–water partition coefficient (Wildman–Crippen LogP) is 3.72. The molecule has 0 spiro atoms. The molecule has 1 aliphatic heterocycles. The standard InChI is InChI=1S/C22H18N2O3S/c25-20(12-13-24-21(26)17-8-4-5-9-18(17)22(24)27)23-14-16-10-11-19(28-16)15-6-2-1-3-7-15/h1-11H,12-14H2,(H,23,25). The van der Waals surface area contributed by atoms with E-state index in [9.17, 15) is 14.4 Å². The average Bonchev–Trinajstić information content (AvgIpc) is 3.30. The van der Waals surface area contributed by atoms with E-state index in [-0.39, 0.29) is 30.7 Å². The van der Waals surface area contributed by atoms with E-state index >= 15 is 0 Å². The van der Waals surface area contributed by atoms with Gasteiger partial charge in [-0.05, 0) is 29.8 Å². The van der Waals surface area contributed by atoms with E-state index in [0.29, 0.717) is 17.7 Å². The number of benzene rings is 2. The number of imide groups is 1. The number of amides is 3. The average molecular weight is 390 g/mol. The Hall–Kier alpha value is -3.25. The Bertz CT molecular complexity index is 1010. The van der Waals surface area contributed by atoms with E-state index in [4.69, 9.17) is 0 Å². The van der Waals surface area contributed by atoms with Gasteiger partial charge in [-0.2, -0.15) is 0 Å². The molecule has 0 radical (unpaired) electrons. The van der Waals surface area contributed by atoms with Gasteiger partial charge in [0.2, 0.25) is 5.91 Å². The minimum atomic E-state index is -0.334. The van der Waals surface area contributed by atoms with Gasteiger partial charge in [0.1, 0.15) is 0 Å². The Kier molecular flexibility index (Phi) is 5.04. The highest BCUT2D eigenvalue weighted by molar-refractivity contribution is 7.15. The molecule has 4 rings (SSSR count). The molecule has 0 aliphatic carbocycles. The van der Waals surface area contributed by atoms with E-state index in [2.05, 4.69) is 17.4 Å². The first-order valence-corrected chi connectivity index (χ1v) is 9.81. The summed E-state index contributed by atoms with van der Waals surface area (Å²) in [6.45, 7) is 0.510. The summed E-state index contributed by atoms with van der Waals surface area (Å²) < 4.78 is 0. The van der Waals surface area contributed by atoms with E-state index in [1.807, 2.05) is 30.3 Å². The molecular formula is C22H18N2O3S. The summed E-state index contributed by atoms with van der Waals surface area (Å²) in [5, 5.41) is 2.86. The van der Waals surface area contributed by atoms with Crippen LogP contribution in [0.1, 0.15) is 32.0 Å². The van der Waals surface area contributed by atoms with Gasteiger partial charge in [0.15, 0.2) is 0 Å². The van der Waals surface area contributed by atoms with Crippen molar-refractivity contribution in [1.82, 2.24) is 10.2 Å². The number of carbonyl (C=O) groups is 3. The molecule has 0 saturated carbocycles. The Labute approximate surface area is 166 Å². The molecular weight excluding hydrogens is 372 g/mol. The van der Waals surface area contributed by atoms with Crippen LogP contribution < -0.4 is 5.32 Å². The van der Waals surface area contributed by atoms with E-state index in [1.165, 1.54) is 0 Å². The van der Waals surface area contributed by atoms with Crippen molar-refractivity contribution in [3.05, 3.63) is 82.7 Å². The maximum absolute atomic E-state index is 12.3. The smallest absolute Gasteiger partial charge is 0.261 e. The fourth-order valence-electron chi connectivity index (χ4n) is 3.16. The first kappa shape index (κ1) is 18.1. The number of nitrogens with one attached hydrogen (secondary N) is 1. The Morgan fingerprint density at radius 2 is 1.50 bits per heavy atom.